The molecule has 1 aliphatic rings. The molecule has 0 spiro atoms. The number of aromatic amines is 1. The molecule has 1 atom stereocenters. The van der Waals surface area contributed by atoms with Gasteiger partial charge in [-0.1, -0.05) is 18.2 Å². The minimum absolute atomic E-state index is 0. The summed E-state index contributed by atoms with van der Waals surface area (Å²) >= 11 is 0. The highest BCUT2D eigenvalue weighted by molar-refractivity contribution is 6.04. The molecule has 1 unspecified atom stereocenters. The maximum Gasteiger partial charge on any atom is 0.272 e. The van der Waals surface area contributed by atoms with E-state index in [0.29, 0.717) is 18.7 Å². The van der Waals surface area contributed by atoms with Crippen LogP contribution in [0.15, 0.2) is 24.3 Å². The molecule has 0 aliphatic carbocycles. The number of carbonyl (C=O) groups excluding carboxylic acids is 2. The van der Waals surface area contributed by atoms with E-state index >= 15 is 0 Å². The molecule has 1 fully saturated rings. The normalized spacial score (nSPS) is 17.4. The van der Waals surface area contributed by atoms with Gasteiger partial charge in [0.05, 0.1) is 5.52 Å². The molecule has 1 aliphatic heterocycles. The van der Waals surface area contributed by atoms with Crippen molar-refractivity contribution in [2.24, 2.45) is 0 Å². The van der Waals surface area contributed by atoms with Crippen LogP contribution in [0.1, 0.15) is 23.8 Å². The van der Waals surface area contributed by atoms with Gasteiger partial charge >= 0.3 is 0 Å². The van der Waals surface area contributed by atoms with Gasteiger partial charge in [-0.05, 0) is 13.0 Å². The fourth-order valence-electron chi connectivity index (χ4n) is 2.86. The molecular formula is C16H22ClN5O2. The second-order valence-corrected chi connectivity index (χ2v) is 5.76. The van der Waals surface area contributed by atoms with Gasteiger partial charge < -0.3 is 15.5 Å². The van der Waals surface area contributed by atoms with Crippen molar-refractivity contribution in [1.82, 2.24) is 25.7 Å². The third kappa shape index (κ3) is 3.85. The van der Waals surface area contributed by atoms with Crippen molar-refractivity contribution in [2.45, 2.75) is 19.4 Å². The van der Waals surface area contributed by atoms with Gasteiger partial charge in [0, 0.05) is 44.0 Å². The zero-order valence-corrected chi connectivity index (χ0v) is 14.4. The van der Waals surface area contributed by atoms with Gasteiger partial charge in [0.1, 0.15) is 0 Å². The van der Waals surface area contributed by atoms with Crippen LogP contribution in [-0.2, 0) is 4.79 Å². The topological polar surface area (TPSA) is 90.1 Å². The summed E-state index contributed by atoms with van der Waals surface area (Å²) in [4.78, 5) is 26.3. The maximum atomic E-state index is 12.2. The Balaban J connectivity index is 0.00000208. The standard InChI is InChI=1S/C16H21N5O2.ClH/c1-11-10-17-8-9-21(11)14(22)6-7-18-16(23)15-12-4-2-3-5-13(12)19-20-15;/h2-5,11,17H,6-10H2,1H3,(H,18,23)(H,19,20);1H. The minimum atomic E-state index is -0.261. The molecule has 0 radical (unpaired) electrons. The molecule has 130 valence electrons. The molecule has 24 heavy (non-hydrogen) atoms. The van der Waals surface area contributed by atoms with Gasteiger partial charge in [-0.3, -0.25) is 14.7 Å². The number of nitrogens with zero attached hydrogens (tertiary/aromatic N) is 2. The summed E-state index contributed by atoms with van der Waals surface area (Å²) in [6.45, 7) is 4.70. The van der Waals surface area contributed by atoms with Crippen LogP contribution in [0, 0.1) is 0 Å². The first kappa shape index (κ1) is 18.2. The van der Waals surface area contributed by atoms with E-state index in [2.05, 4.69) is 20.8 Å². The second kappa shape index (κ2) is 8.12. The molecule has 8 heteroatoms. The molecule has 7 nitrogen and oxygen atoms in total. The average molecular weight is 352 g/mol. The number of amides is 2. The Morgan fingerprint density at radius 2 is 2.17 bits per heavy atom. The fourth-order valence-corrected chi connectivity index (χ4v) is 2.86. The van der Waals surface area contributed by atoms with Crippen molar-refractivity contribution in [3.05, 3.63) is 30.0 Å². The van der Waals surface area contributed by atoms with Crippen LogP contribution in [0.25, 0.3) is 10.9 Å². The van der Waals surface area contributed by atoms with Crippen molar-refractivity contribution < 1.29 is 9.59 Å². The fraction of sp³-hybridized carbons (Fsp3) is 0.438. The van der Waals surface area contributed by atoms with Gasteiger partial charge in [0.15, 0.2) is 5.69 Å². The third-order valence-electron chi connectivity index (χ3n) is 4.13. The van der Waals surface area contributed by atoms with E-state index in [1.165, 1.54) is 0 Å². The smallest absolute Gasteiger partial charge is 0.272 e. The molecule has 3 N–H and O–H groups in total. The molecule has 0 bridgehead atoms. The first-order chi connectivity index (χ1) is 11.2. The summed E-state index contributed by atoms with van der Waals surface area (Å²) < 4.78 is 0. The Morgan fingerprint density at radius 1 is 1.38 bits per heavy atom. The van der Waals surface area contributed by atoms with E-state index < -0.39 is 0 Å². The molecule has 1 aromatic heterocycles. The monoisotopic (exact) mass is 351 g/mol. The van der Waals surface area contributed by atoms with Crippen LogP contribution in [0.2, 0.25) is 0 Å². The largest absolute Gasteiger partial charge is 0.350 e. The summed E-state index contributed by atoms with van der Waals surface area (Å²) in [5.74, 6) is -0.185. The molecule has 2 amide bonds. The van der Waals surface area contributed by atoms with Crippen LogP contribution in [0.4, 0.5) is 0 Å². The number of rotatable bonds is 4. The lowest BCUT2D eigenvalue weighted by atomic mass is 10.2. The number of hydrogen-bond acceptors (Lipinski definition) is 4. The zero-order valence-electron chi connectivity index (χ0n) is 13.5. The molecule has 0 saturated carbocycles. The predicted octanol–water partition coefficient (Wildman–Crippen LogP) is 0.925. The number of H-pyrrole nitrogens is 1. The van der Waals surface area contributed by atoms with Crippen molar-refractivity contribution >= 4 is 35.1 Å². The molecule has 1 saturated heterocycles. The number of halogens is 1. The Labute approximate surface area is 146 Å². The Hall–Kier alpha value is -2.12. The number of piperazine rings is 1. The Bertz CT molecular complexity index is 717. The van der Waals surface area contributed by atoms with Gasteiger partial charge in [-0.15, -0.1) is 12.4 Å². The number of para-hydroxylation sites is 1. The molecular weight excluding hydrogens is 330 g/mol. The number of aromatic nitrogens is 2. The van der Waals surface area contributed by atoms with Gasteiger partial charge in [-0.25, -0.2) is 0 Å². The second-order valence-electron chi connectivity index (χ2n) is 5.76. The number of fused-ring (bicyclic) bond motifs is 1. The Kier molecular flexibility index (Phi) is 6.16. The third-order valence-corrected chi connectivity index (χ3v) is 4.13. The SMILES string of the molecule is CC1CNCCN1C(=O)CCNC(=O)c1n[nH]c2ccccc12.Cl. The van der Waals surface area contributed by atoms with Crippen LogP contribution in [0.5, 0.6) is 0 Å². The van der Waals surface area contributed by atoms with Crippen LogP contribution >= 0.6 is 12.4 Å². The first-order valence-corrected chi connectivity index (χ1v) is 7.88. The van der Waals surface area contributed by atoms with E-state index in [4.69, 9.17) is 0 Å². The summed E-state index contributed by atoms with van der Waals surface area (Å²) in [6, 6.07) is 7.66. The highest BCUT2D eigenvalue weighted by Crippen LogP contribution is 2.14. The lowest BCUT2D eigenvalue weighted by molar-refractivity contribution is -0.133. The highest BCUT2D eigenvalue weighted by atomic mass is 35.5. The number of carbonyl (C=O) groups is 2. The highest BCUT2D eigenvalue weighted by Gasteiger charge is 2.22. The van der Waals surface area contributed by atoms with Gasteiger partial charge in [0.2, 0.25) is 5.91 Å². The summed E-state index contributed by atoms with van der Waals surface area (Å²) in [6.07, 6.45) is 0.304. The van der Waals surface area contributed by atoms with Crippen LogP contribution in [-0.4, -0.2) is 59.1 Å². The zero-order chi connectivity index (χ0) is 16.2. The van der Waals surface area contributed by atoms with Crippen molar-refractivity contribution in [3.8, 4) is 0 Å². The quantitative estimate of drug-likeness (QED) is 0.764. The van der Waals surface area contributed by atoms with Crippen molar-refractivity contribution in [3.63, 3.8) is 0 Å². The average Bonchev–Trinajstić information content (AvgIpc) is 2.99. The molecule has 2 heterocycles. The van der Waals surface area contributed by atoms with E-state index in [-0.39, 0.29) is 30.3 Å². The van der Waals surface area contributed by atoms with Gasteiger partial charge in [0.25, 0.3) is 5.91 Å². The van der Waals surface area contributed by atoms with E-state index in [1.54, 1.807) is 0 Å². The molecule has 1 aromatic carbocycles. The number of hydrogen-bond donors (Lipinski definition) is 3. The minimum Gasteiger partial charge on any atom is -0.350 e. The van der Waals surface area contributed by atoms with Crippen molar-refractivity contribution in [2.75, 3.05) is 26.2 Å². The van der Waals surface area contributed by atoms with E-state index in [0.717, 1.165) is 30.5 Å². The lowest BCUT2D eigenvalue weighted by Crippen LogP contribution is -2.52. The predicted molar refractivity (Wildman–Crippen MR) is 94.3 cm³/mol. The first-order valence-electron chi connectivity index (χ1n) is 7.88. The summed E-state index contributed by atoms with van der Waals surface area (Å²) in [5.41, 5.74) is 1.19. The summed E-state index contributed by atoms with van der Waals surface area (Å²) in [7, 11) is 0. The van der Waals surface area contributed by atoms with E-state index in [9.17, 15) is 9.59 Å². The lowest BCUT2D eigenvalue weighted by Gasteiger charge is -2.34. The van der Waals surface area contributed by atoms with E-state index in [1.807, 2.05) is 36.1 Å². The van der Waals surface area contributed by atoms with Crippen molar-refractivity contribution in [1.29, 1.82) is 0 Å². The summed E-state index contributed by atoms with van der Waals surface area (Å²) in [5, 5.41) is 13.7. The maximum absolute atomic E-state index is 12.2. The molecule has 2 aromatic rings. The van der Waals surface area contributed by atoms with Crippen LogP contribution < -0.4 is 10.6 Å². The number of nitrogens with one attached hydrogen (secondary N) is 3. The Morgan fingerprint density at radius 3 is 2.96 bits per heavy atom. The molecule has 3 rings (SSSR count). The van der Waals surface area contributed by atoms with Crippen LogP contribution in [0.3, 0.4) is 0 Å². The van der Waals surface area contributed by atoms with Gasteiger partial charge in [-0.2, -0.15) is 5.10 Å². The number of benzene rings is 1.